The summed E-state index contributed by atoms with van der Waals surface area (Å²) >= 11 is 1.84. The van der Waals surface area contributed by atoms with E-state index < -0.39 is 4.92 Å². The van der Waals surface area contributed by atoms with Crippen LogP contribution in [-0.2, 0) is 0 Å². The van der Waals surface area contributed by atoms with Gasteiger partial charge in [-0.3, -0.25) is 14.9 Å². The maximum Gasteiger partial charge on any atom is 0.293 e. The molecule has 0 heterocycles. The molecule has 1 aromatic carbocycles. The summed E-state index contributed by atoms with van der Waals surface area (Å²) in [6.07, 6.45) is 0.923. The third-order valence-electron chi connectivity index (χ3n) is 2.98. The number of nitro benzene ring substituents is 1. The number of nitro groups is 1. The quantitative estimate of drug-likeness (QED) is 0.438. The fourth-order valence-electron chi connectivity index (χ4n) is 1.83. The highest BCUT2D eigenvalue weighted by atomic mass is 32.2. The van der Waals surface area contributed by atoms with Crippen LogP contribution in [0.5, 0.6) is 0 Å². The summed E-state index contributed by atoms with van der Waals surface area (Å²) in [6.45, 7) is 4.09. The number of hydrogen-bond acceptors (Lipinski definition) is 5. The maximum absolute atomic E-state index is 11.5. The third-order valence-corrected chi connectivity index (χ3v) is 3.92. The van der Waals surface area contributed by atoms with Crippen molar-refractivity contribution in [3.8, 4) is 0 Å². The number of anilines is 1. The van der Waals surface area contributed by atoms with Gasteiger partial charge in [0.25, 0.3) is 11.6 Å². The second-order valence-electron chi connectivity index (χ2n) is 4.60. The Morgan fingerprint density at radius 1 is 1.48 bits per heavy atom. The van der Waals surface area contributed by atoms with E-state index in [-0.39, 0.29) is 23.2 Å². The van der Waals surface area contributed by atoms with Crippen molar-refractivity contribution in [1.82, 2.24) is 5.32 Å². The van der Waals surface area contributed by atoms with Gasteiger partial charge < -0.3 is 10.6 Å². The van der Waals surface area contributed by atoms with E-state index in [1.54, 1.807) is 12.1 Å². The minimum atomic E-state index is -0.470. The van der Waals surface area contributed by atoms with Crippen LogP contribution in [0.3, 0.4) is 0 Å². The van der Waals surface area contributed by atoms with Crippen LogP contribution in [0, 0.1) is 10.1 Å². The van der Waals surface area contributed by atoms with Crippen molar-refractivity contribution in [2.45, 2.75) is 26.3 Å². The van der Waals surface area contributed by atoms with E-state index in [0.29, 0.717) is 5.69 Å². The predicted molar refractivity (Wildman–Crippen MR) is 87.2 cm³/mol. The number of carbonyl (C=O) groups is 1. The van der Waals surface area contributed by atoms with Crippen molar-refractivity contribution in [3.05, 3.63) is 33.9 Å². The van der Waals surface area contributed by atoms with Crippen molar-refractivity contribution in [3.63, 3.8) is 0 Å². The summed E-state index contributed by atoms with van der Waals surface area (Å²) in [5.41, 5.74) is 0.650. The van der Waals surface area contributed by atoms with Gasteiger partial charge in [0.15, 0.2) is 0 Å². The lowest BCUT2D eigenvalue weighted by Gasteiger charge is -2.15. The smallest absolute Gasteiger partial charge is 0.293 e. The molecule has 0 saturated heterocycles. The molecule has 0 aliphatic rings. The fraction of sp³-hybridized carbons (Fsp3) is 0.500. The van der Waals surface area contributed by atoms with E-state index in [1.165, 1.54) is 13.1 Å². The van der Waals surface area contributed by atoms with E-state index in [4.69, 9.17) is 0 Å². The summed E-state index contributed by atoms with van der Waals surface area (Å²) in [6, 6.07) is 4.61. The molecule has 0 radical (unpaired) electrons. The fourth-order valence-corrected chi connectivity index (χ4v) is 2.64. The van der Waals surface area contributed by atoms with Crippen LogP contribution in [0.25, 0.3) is 0 Å². The first-order valence-electron chi connectivity index (χ1n) is 6.84. The van der Waals surface area contributed by atoms with Gasteiger partial charge in [0.2, 0.25) is 0 Å². The number of hydrogen-bond donors (Lipinski definition) is 2. The lowest BCUT2D eigenvalue weighted by molar-refractivity contribution is -0.384. The molecule has 0 aliphatic carbocycles. The summed E-state index contributed by atoms with van der Waals surface area (Å²) in [5, 5.41) is 16.8. The second-order valence-corrected chi connectivity index (χ2v) is 5.99. The molecule has 1 aromatic rings. The third kappa shape index (κ3) is 5.26. The van der Waals surface area contributed by atoms with E-state index in [9.17, 15) is 14.9 Å². The first-order chi connectivity index (χ1) is 9.99. The van der Waals surface area contributed by atoms with E-state index in [2.05, 4.69) is 17.6 Å². The van der Waals surface area contributed by atoms with E-state index in [0.717, 1.165) is 17.9 Å². The van der Waals surface area contributed by atoms with Gasteiger partial charge in [-0.05, 0) is 37.0 Å². The minimum absolute atomic E-state index is 0.0777. The zero-order chi connectivity index (χ0) is 15.8. The molecule has 116 valence electrons. The number of nitrogens with zero attached hydrogens (tertiary/aromatic N) is 1. The highest BCUT2D eigenvalue weighted by Crippen LogP contribution is 2.26. The normalized spacial score (nSPS) is 11.8. The molecule has 6 nitrogen and oxygen atoms in total. The topological polar surface area (TPSA) is 84.3 Å². The van der Waals surface area contributed by atoms with Crippen LogP contribution in [0.15, 0.2) is 18.2 Å². The van der Waals surface area contributed by atoms with Gasteiger partial charge in [-0.25, -0.2) is 0 Å². The average Bonchev–Trinajstić information content (AvgIpc) is 2.46. The van der Waals surface area contributed by atoms with Gasteiger partial charge in [-0.15, -0.1) is 0 Å². The molecular formula is C14H21N3O3S. The van der Waals surface area contributed by atoms with Crippen molar-refractivity contribution >= 4 is 29.0 Å². The first-order valence-corrected chi connectivity index (χ1v) is 7.99. The summed E-state index contributed by atoms with van der Waals surface area (Å²) in [5.74, 6) is 1.74. The van der Waals surface area contributed by atoms with Gasteiger partial charge >= 0.3 is 0 Å². The molecule has 21 heavy (non-hydrogen) atoms. The van der Waals surface area contributed by atoms with Gasteiger partial charge in [0.05, 0.1) is 4.92 Å². The number of carbonyl (C=O) groups excluding carboxylic acids is 1. The van der Waals surface area contributed by atoms with Gasteiger partial charge in [-0.1, -0.05) is 6.92 Å². The molecule has 0 saturated carbocycles. The van der Waals surface area contributed by atoms with E-state index in [1.807, 2.05) is 18.7 Å². The summed E-state index contributed by atoms with van der Waals surface area (Å²) < 4.78 is 0. The Morgan fingerprint density at radius 3 is 2.76 bits per heavy atom. The van der Waals surface area contributed by atoms with Crippen LogP contribution < -0.4 is 10.6 Å². The lowest BCUT2D eigenvalue weighted by atomic mass is 10.1. The number of rotatable bonds is 8. The standard InChI is InChI=1S/C14H21N3O3S/c1-4-21-8-7-10(2)16-12-6-5-11(14(18)15-3)9-13(12)17(19)20/h5-6,9-10,16H,4,7-8H2,1-3H3,(H,15,18). The van der Waals surface area contributed by atoms with Crippen molar-refractivity contribution < 1.29 is 9.72 Å². The summed E-state index contributed by atoms with van der Waals surface area (Å²) in [4.78, 5) is 22.2. The minimum Gasteiger partial charge on any atom is -0.377 e. The maximum atomic E-state index is 11.5. The number of amides is 1. The number of nitrogens with one attached hydrogen (secondary N) is 2. The van der Waals surface area contributed by atoms with Gasteiger partial charge in [0.1, 0.15) is 5.69 Å². The molecule has 7 heteroatoms. The van der Waals surface area contributed by atoms with Crippen LogP contribution in [0.1, 0.15) is 30.6 Å². The molecule has 1 amide bonds. The molecule has 1 unspecified atom stereocenters. The highest BCUT2D eigenvalue weighted by Gasteiger charge is 2.18. The van der Waals surface area contributed by atoms with Gasteiger partial charge in [-0.2, -0.15) is 11.8 Å². The molecule has 0 bridgehead atoms. The lowest BCUT2D eigenvalue weighted by Crippen LogP contribution is -2.19. The summed E-state index contributed by atoms with van der Waals surface area (Å²) in [7, 11) is 1.49. The molecule has 0 fully saturated rings. The molecule has 2 N–H and O–H groups in total. The second kappa shape index (κ2) is 8.51. The predicted octanol–water partition coefficient (Wildman–Crippen LogP) is 2.90. The first kappa shape index (κ1) is 17.3. The van der Waals surface area contributed by atoms with Crippen LogP contribution >= 0.6 is 11.8 Å². The Bertz CT molecular complexity index is 508. The molecule has 0 spiro atoms. The zero-order valence-corrected chi connectivity index (χ0v) is 13.3. The highest BCUT2D eigenvalue weighted by molar-refractivity contribution is 7.99. The Hall–Kier alpha value is -1.76. The van der Waals surface area contributed by atoms with E-state index >= 15 is 0 Å². The van der Waals surface area contributed by atoms with Crippen molar-refractivity contribution in [2.24, 2.45) is 0 Å². The number of thioether (sulfide) groups is 1. The largest absolute Gasteiger partial charge is 0.377 e. The van der Waals surface area contributed by atoms with Crippen LogP contribution in [-0.4, -0.2) is 35.4 Å². The van der Waals surface area contributed by atoms with Crippen LogP contribution in [0.2, 0.25) is 0 Å². The van der Waals surface area contributed by atoms with Crippen molar-refractivity contribution in [2.75, 3.05) is 23.9 Å². The monoisotopic (exact) mass is 311 g/mol. The molecule has 1 atom stereocenters. The Kier molecular flexibility index (Phi) is 7.01. The van der Waals surface area contributed by atoms with Gasteiger partial charge in [0, 0.05) is 24.7 Å². The Morgan fingerprint density at radius 2 is 2.19 bits per heavy atom. The Labute approximate surface area is 128 Å². The molecular weight excluding hydrogens is 290 g/mol. The molecule has 0 aromatic heterocycles. The zero-order valence-electron chi connectivity index (χ0n) is 12.5. The number of benzene rings is 1. The molecule has 1 rings (SSSR count). The average molecular weight is 311 g/mol. The molecule has 0 aliphatic heterocycles. The SMILES string of the molecule is CCSCCC(C)Nc1ccc(C(=O)NC)cc1[N+](=O)[O-]. The van der Waals surface area contributed by atoms with Crippen LogP contribution in [0.4, 0.5) is 11.4 Å². The Balaban J connectivity index is 2.86. The van der Waals surface area contributed by atoms with Crippen molar-refractivity contribution in [1.29, 1.82) is 0 Å².